The Balaban J connectivity index is 0.000000490. The van der Waals surface area contributed by atoms with Crippen LogP contribution in [0.15, 0.2) is 0 Å². The largest absolute Gasteiger partial charge is 0.0625 e. The fraction of sp³-hybridized carbons (Fsp3) is 1.00. The first-order valence-corrected chi connectivity index (χ1v) is 38.4. The lowest BCUT2D eigenvalue weighted by atomic mass is 9.62. The van der Waals surface area contributed by atoms with E-state index in [0.29, 0.717) is 37.9 Å². The van der Waals surface area contributed by atoms with Gasteiger partial charge in [-0.2, -0.15) is 0 Å². The van der Waals surface area contributed by atoms with Crippen LogP contribution >= 0.6 is 0 Å². The van der Waals surface area contributed by atoms with Crippen molar-refractivity contribution in [3.05, 3.63) is 0 Å². The first kappa shape index (κ1) is 82.0. The molecule has 7 saturated carbocycles. The lowest BCUT2D eigenvalue weighted by molar-refractivity contribution is 0.0592. The van der Waals surface area contributed by atoms with Crippen LogP contribution in [0.5, 0.6) is 0 Å². The summed E-state index contributed by atoms with van der Waals surface area (Å²) in [5.74, 6) is 16.7. The third-order valence-electron chi connectivity index (χ3n) is 28.9. The van der Waals surface area contributed by atoms with E-state index in [0.717, 1.165) is 107 Å². The van der Waals surface area contributed by atoms with Crippen LogP contribution in [0.25, 0.3) is 0 Å². The van der Waals surface area contributed by atoms with Gasteiger partial charge in [0.2, 0.25) is 0 Å². The Labute approximate surface area is 536 Å². The van der Waals surface area contributed by atoms with Gasteiger partial charge in [0, 0.05) is 0 Å². The first-order chi connectivity index (χ1) is 38.4. The van der Waals surface area contributed by atoms with Gasteiger partial charge in [0.1, 0.15) is 0 Å². The summed E-state index contributed by atoms with van der Waals surface area (Å²) in [6.07, 6.45) is 39.6. The Morgan fingerprint density at radius 1 is 0.214 bits per heavy atom. The molecule has 7 rings (SSSR count). The summed E-state index contributed by atoms with van der Waals surface area (Å²) in [4.78, 5) is 0. The summed E-state index contributed by atoms with van der Waals surface area (Å²) in [6, 6.07) is 0. The highest BCUT2D eigenvalue weighted by Crippen LogP contribution is 2.51. The molecule has 0 aromatic heterocycles. The summed E-state index contributed by atoms with van der Waals surface area (Å²) in [6.45, 7) is 77.1. The van der Waals surface area contributed by atoms with Gasteiger partial charge < -0.3 is 0 Å². The molecule has 7 aliphatic carbocycles. The van der Waals surface area contributed by atoms with Crippen LogP contribution in [-0.2, 0) is 0 Å². The molecule has 0 bridgehead atoms. The molecule has 0 aliphatic heterocycles. The third kappa shape index (κ3) is 26.3. The average molecular weight is 1180 g/mol. The highest BCUT2D eigenvalue weighted by molar-refractivity contribution is 4.91. The van der Waals surface area contributed by atoms with Crippen LogP contribution in [0.2, 0.25) is 0 Å². The molecular formula is C84H168. The zero-order chi connectivity index (χ0) is 65.0. The van der Waals surface area contributed by atoms with Crippen LogP contribution in [0.1, 0.15) is 395 Å². The second-order valence-corrected chi connectivity index (χ2v) is 38.5. The first-order valence-electron chi connectivity index (χ1n) is 38.4. The fourth-order valence-electron chi connectivity index (χ4n) is 17.0. The van der Waals surface area contributed by atoms with Crippen molar-refractivity contribution in [1.82, 2.24) is 0 Å². The highest BCUT2D eigenvalue weighted by Gasteiger charge is 2.41. The lowest BCUT2D eigenvalue weighted by Gasteiger charge is -2.44. The summed E-state index contributed by atoms with van der Waals surface area (Å²) in [7, 11) is 0. The van der Waals surface area contributed by atoms with Gasteiger partial charge in [0.05, 0.1) is 0 Å². The predicted octanol–water partition coefficient (Wildman–Crippen LogP) is 29.2. The van der Waals surface area contributed by atoms with Crippen molar-refractivity contribution in [1.29, 1.82) is 0 Å². The average Bonchev–Trinajstić information content (AvgIpc) is 4.39. The van der Waals surface area contributed by atoms with Crippen molar-refractivity contribution < 1.29 is 0 Å². The minimum Gasteiger partial charge on any atom is -0.0625 e. The summed E-state index contributed by atoms with van der Waals surface area (Å²) in [5.41, 5.74) is 3.91. The van der Waals surface area contributed by atoms with Crippen LogP contribution in [-0.4, -0.2) is 0 Å². The van der Waals surface area contributed by atoms with Gasteiger partial charge in [-0.3, -0.25) is 0 Å². The smallest absolute Gasteiger partial charge is 0.0300 e. The van der Waals surface area contributed by atoms with E-state index < -0.39 is 0 Å². The number of rotatable bonds is 12. The SMILES string of the molecule is CC(C)C(C)(C)C1CCCC1.CC(C)C(C)(C)C1CCCCC1.CC1CCC(C(C)(C)C(C)C)C1.CC1CCC(C(C)(C)C)CC1.CC1CCCC(C(C)(C)C(C)C)C1.CC1CCCC1C(C)(C)C(C)C.CC1CCCCC1C(C)(C)C(C)C. The monoisotopic (exact) mass is 1180 g/mol. The Hall–Kier alpha value is 0. The minimum atomic E-state index is 0.542. The molecular weight excluding hydrogens is 1010 g/mol. The van der Waals surface area contributed by atoms with Gasteiger partial charge in [0.25, 0.3) is 0 Å². The normalized spacial score (nSPS) is 28.9. The molecule has 7 aliphatic rings. The second-order valence-electron chi connectivity index (χ2n) is 38.5. The van der Waals surface area contributed by atoms with Crippen LogP contribution < -0.4 is 0 Å². The van der Waals surface area contributed by atoms with E-state index in [1.54, 1.807) is 0 Å². The minimum absolute atomic E-state index is 0.542. The quantitative estimate of drug-likeness (QED) is 0.183. The summed E-state index contributed by atoms with van der Waals surface area (Å²) in [5, 5.41) is 0. The van der Waals surface area contributed by atoms with Crippen molar-refractivity contribution in [3.63, 3.8) is 0 Å². The Bertz CT molecular complexity index is 1620. The highest BCUT2D eigenvalue weighted by atomic mass is 14.5. The van der Waals surface area contributed by atoms with Crippen molar-refractivity contribution in [3.8, 4) is 0 Å². The van der Waals surface area contributed by atoms with E-state index >= 15 is 0 Å². The third-order valence-corrected chi connectivity index (χ3v) is 28.9. The van der Waals surface area contributed by atoms with E-state index in [9.17, 15) is 0 Å². The van der Waals surface area contributed by atoms with Crippen LogP contribution in [0.4, 0.5) is 0 Å². The zero-order valence-corrected chi connectivity index (χ0v) is 65.0. The summed E-state index contributed by atoms with van der Waals surface area (Å²) < 4.78 is 0. The Kier molecular flexibility index (Phi) is 36.0. The van der Waals surface area contributed by atoms with E-state index in [-0.39, 0.29) is 0 Å². The maximum Gasteiger partial charge on any atom is -0.0300 e. The predicted molar refractivity (Wildman–Crippen MR) is 386 cm³/mol. The van der Waals surface area contributed by atoms with Crippen molar-refractivity contribution in [2.24, 2.45) is 144 Å². The van der Waals surface area contributed by atoms with E-state index in [2.05, 4.69) is 222 Å². The molecule has 0 amide bonds. The molecule has 0 N–H and O–H groups in total. The maximum atomic E-state index is 2.46. The topological polar surface area (TPSA) is 0 Å². The summed E-state index contributed by atoms with van der Waals surface area (Å²) >= 11 is 0. The van der Waals surface area contributed by atoms with Crippen LogP contribution in [0, 0.1) is 144 Å². The Morgan fingerprint density at radius 3 is 0.774 bits per heavy atom. The fourth-order valence-corrected chi connectivity index (χ4v) is 17.0. The molecule has 8 atom stereocenters. The Morgan fingerprint density at radius 2 is 0.464 bits per heavy atom. The van der Waals surface area contributed by atoms with Crippen molar-refractivity contribution >= 4 is 0 Å². The molecule has 84 heavy (non-hydrogen) atoms. The molecule has 0 aromatic rings. The van der Waals surface area contributed by atoms with E-state index in [4.69, 9.17) is 0 Å². The molecule has 0 heteroatoms. The van der Waals surface area contributed by atoms with Gasteiger partial charge >= 0.3 is 0 Å². The van der Waals surface area contributed by atoms with E-state index in [1.165, 1.54) is 173 Å². The molecule has 8 unspecified atom stereocenters. The zero-order valence-electron chi connectivity index (χ0n) is 65.0. The van der Waals surface area contributed by atoms with Gasteiger partial charge in [-0.15, -0.1) is 0 Å². The molecule has 0 heterocycles. The van der Waals surface area contributed by atoms with Crippen LogP contribution in [0.3, 0.4) is 0 Å². The van der Waals surface area contributed by atoms with Gasteiger partial charge in [0.15, 0.2) is 0 Å². The van der Waals surface area contributed by atoms with Gasteiger partial charge in [-0.1, -0.05) is 318 Å². The number of hydrogen-bond acceptors (Lipinski definition) is 0. The molecule has 0 radical (unpaired) electrons. The molecule has 0 saturated heterocycles. The van der Waals surface area contributed by atoms with Crippen molar-refractivity contribution in [2.75, 3.05) is 0 Å². The maximum absolute atomic E-state index is 2.46. The van der Waals surface area contributed by atoms with Gasteiger partial charge in [-0.05, 0) is 221 Å². The standard InChI is InChI=1S/2C13H26.3C12H24.2C11H22/c1-10(2)13(4,5)12-8-6-7-11(3)9-12;1-10(2)13(4,5)12-9-7-6-8-11(12)3;1-9(2)12(4,5)11-7-6-10(3)8-11;1-9(2)12(4,5)11-8-6-7-10(11)3;1-10(2)12(3,4)11-8-6-5-7-9-11;1-9-5-7-10(8-6-9)11(2,3)4;1-9(2)11(3,4)10-7-5-6-8-10/h2*10-12H,6-9H2,1-5H3;2*9-11H,6-8H2,1-5H3;10-11H,5-9H2,1-4H3;2*9-10H,5-8H2,1-4H3. The molecule has 0 spiro atoms. The van der Waals surface area contributed by atoms with Crippen molar-refractivity contribution in [2.45, 2.75) is 395 Å². The van der Waals surface area contributed by atoms with Gasteiger partial charge in [-0.25, -0.2) is 0 Å². The molecule has 0 nitrogen and oxygen atoms in total. The van der Waals surface area contributed by atoms with E-state index in [1.807, 2.05) is 0 Å². The number of hydrogen-bond donors (Lipinski definition) is 0. The molecule has 0 aromatic carbocycles. The second kappa shape index (κ2) is 36.9. The molecule has 504 valence electrons. The molecule has 7 fully saturated rings. The lowest BCUT2D eigenvalue weighted by Crippen LogP contribution is -2.35.